The van der Waals surface area contributed by atoms with Gasteiger partial charge in [-0.15, -0.1) is 0 Å². The first-order chi connectivity index (χ1) is 6.33. The van der Waals surface area contributed by atoms with E-state index in [-0.39, 0.29) is 0 Å². The molecule has 0 atom stereocenters. The zero-order valence-electron chi connectivity index (χ0n) is 9.27. The van der Waals surface area contributed by atoms with Crippen molar-refractivity contribution in [2.75, 3.05) is 6.61 Å². The van der Waals surface area contributed by atoms with Crippen LogP contribution in [0.15, 0.2) is 0 Å². The second-order valence-corrected chi connectivity index (χ2v) is 8.66. The second kappa shape index (κ2) is 5.81. The van der Waals surface area contributed by atoms with Gasteiger partial charge in [0.05, 0.1) is 0 Å². The summed E-state index contributed by atoms with van der Waals surface area (Å²) >= 11 is 0. The van der Waals surface area contributed by atoms with Crippen LogP contribution in [0.5, 0.6) is 0 Å². The first kappa shape index (κ1) is 11.3. The molecule has 0 radical (unpaired) electrons. The van der Waals surface area contributed by atoms with Gasteiger partial charge in [0.15, 0.2) is 8.32 Å². The highest BCUT2D eigenvalue weighted by molar-refractivity contribution is 6.73. The Morgan fingerprint density at radius 2 is 1.77 bits per heavy atom. The van der Waals surface area contributed by atoms with E-state index in [0.29, 0.717) is 0 Å². The van der Waals surface area contributed by atoms with Gasteiger partial charge in [0, 0.05) is 6.61 Å². The molecule has 1 nitrogen and oxygen atoms in total. The molecule has 1 heterocycles. The van der Waals surface area contributed by atoms with E-state index in [1.54, 1.807) is 0 Å². The van der Waals surface area contributed by atoms with Crippen LogP contribution >= 0.6 is 0 Å². The third-order valence-electron chi connectivity index (χ3n) is 3.32. The molecule has 0 spiro atoms. The minimum Gasteiger partial charge on any atom is -0.417 e. The predicted octanol–water partition coefficient (Wildman–Crippen LogP) is 3.95. The van der Waals surface area contributed by atoms with Crippen LogP contribution < -0.4 is 0 Å². The van der Waals surface area contributed by atoms with Gasteiger partial charge in [0.25, 0.3) is 0 Å². The highest BCUT2D eigenvalue weighted by Crippen LogP contribution is 2.32. The normalized spacial score (nSPS) is 21.7. The van der Waals surface area contributed by atoms with Crippen molar-refractivity contribution in [1.82, 2.24) is 0 Å². The van der Waals surface area contributed by atoms with Crippen LogP contribution in [0.25, 0.3) is 0 Å². The van der Waals surface area contributed by atoms with Crippen molar-refractivity contribution in [3.63, 3.8) is 0 Å². The molecule has 0 saturated carbocycles. The third-order valence-corrected chi connectivity index (χ3v) is 7.95. The number of rotatable bonds is 5. The Labute approximate surface area is 84.0 Å². The summed E-state index contributed by atoms with van der Waals surface area (Å²) in [6, 6.07) is 4.22. The number of hydrogen-bond acceptors (Lipinski definition) is 1. The van der Waals surface area contributed by atoms with E-state index in [1.165, 1.54) is 50.2 Å². The lowest BCUT2D eigenvalue weighted by Crippen LogP contribution is -2.39. The van der Waals surface area contributed by atoms with Crippen molar-refractivity contribution in [2.24, 2.45) is 0 Å². The summed E-state index contributed by atoms with van der Waals surface area (Å²) in [5, 5.41) is 0. The summed E-state index contributed by atoms with van der Waals surface area (Å²) in [6.45, 7) is 5.62. The first-order valence-corrected chi connectivity index (χ1v) is 8.50. The molecule has 1 aliphatic rings. The van der Waals surface area contributed by atoms with E-state index in [2.05, 4.69) is 13.8 Å². The van der Waals surface area contributed by atoms with E-state index < -0.39 is 8.32 Å². The molecule has 1 saturated heterocycles. The lowest BCUT2D eigenvalue weighted by Gasteiger charge is -2.33. The minimum atomic E-state index is -1.19. The van der Waals surface area contributed by atoms with Crippen LogP contribution in [0.4, 0.5) is 0 Å². The largest absolute Gasteiger partial charge is 0.417 e. The van der Waals surface area contributed by atoms with E-state index in [0.717, 1.165) is 6.61 Å². The molecule has 2 heteroatoms. The average molecular weight is 200 g/mol. The molecule has 1 rings (SSSR count). The van der Waals surface area contributed by atoms with Crippen LogP contribution in [0, 0.1) is 0 Å². The molecule has 0 unspecified atom stereocenters. The molecule has 1 aliphatic heterocycles. The van der Waals surface area contributed by atoms with Gasteiger partial charge >= 0.3 is 0 Å². The summed E-state index contributed by atoms with van der Waals surface area (Å²) < 4.78 is 6.20. The van der Waals surface area contributed by atoms with Crippen molar-refractivity contribution >= 4 is 8.32 Å². The Morgan fingerprint density at radius 1 is 1.08 bits per heavy atom. The van der Waals surface area contributed by atoms with Gasteiger partial charge in [-0.25, -0.2) is 0 Å². The average Bonchev–Trinajstić information content (AvgIpc) is 2.20. The van der Waals surface area contributed by atoms with Gasteiger partial charge in [0.1, 0.15) is 0 Å². The Bertz CT molecular complexity index is 130. The summed E-state index contributed by atoms with van der Waals surface area (Å²) in [5.74, 6) is 0. The lowest BCUT2D eigenvalue weighted by molar-refractivity contribution is 0.283. The Balaban J connectivity index is 2.29. The smallest absolute Gasteiger partial charge is 0.192 e. The maximum atomic E-state index is 6.20. The van der Waals surface area contributed by atoms with Crippen LogP contribution in [-0.4, -0.2) is 14.9 Å². The lowest BCUT2D eigenvalue weighted by atomic mass is 10.3. The zero-order valence-corrected chi connectivity index (χ0v) is 10.3. The molecule has 0 bridgehead atoms. The molecule has 0 aromatic rings. The molecule has 1 fully saturated rings. The molecule has 13 heavy (non-hydrogen) atoms. The van der Waals surface area contributed by atoms with E-state index in [4.69, 9.17) is 4.43 Å². The monoisotopic (exact) mass is 200 g/mol. The van der Waals surface area contributed by atoms with Gasteiger partial charge in [-0.2, -0.15) is 0 Å². The summed E-state index contributed by atoms with van der Waals surface area (Å²) in [7, 11) is -1.19. The third kappa shape index (κ3) is 3.43. The van der Waals surface area contributed by atoms with Gasteiger partial charge < -0.3 is 4.43 Å². The van der Waals surface area contributed by atoms with Crippen LogP contribution in [-0.2, 0) is 4.43 Å². The molecule has 78 valence electrons. The Kier molecular flexibility index (Phi) is 5.03. The minimum absolute atomic E-state index is 1.04. The fourth-order valence-corrected chi connectivity index (χ4v) is 6.05. The number of unbranched alkanes of at least 4 members (excludes halogenated alkanes) is 1. The predicted molar refractivity (Wildman–Crippen MR) is 60.6 cm³/mol. The molecule has 0 aromatic carbocycles. The van der Waals surface area contributed by atoms with E-state index in [1.807, 2.05) is 0 Å². The summed E-state index contributed by atoms with van der Waals surface area (Å²) in [5.41, 5.74) is 0. The highest BCUT2D eigenvalue weighted by atomic mass is 28.4. The Morgan fingerprint density at radius 3 is 2.31 bits per heavy atom. The fraction of sp³-hybridized carbons (Fsp3) is 1.00. The van der Waals surface area contributed by atoms with Crippen LogP contribution in [0.2, 0.25) is 18.1 Å². The first-order valence-electron chi connectivity index (χ1n) is 5.97. The van der Waals surface area contributed by atoms with Crippen molar-refractivity contribution in [1.29, 1.82) is 0 Å². The van der Waals surface area contributed by atoms with Crippen molar-refractivity contribution in [3.8, 4) is 0 Å². The molecule has 0 amide bonds. The zero-order chi connectivity index (χ0) is 9.57. The maximum absolute atomic E-state index is 6.20. The second-order valence-electron chi connectivity index (χ2n) is 4.30. The maximum Gasteiger partial charge on any atom is 0.192 e. The molecular weight excluding hydrogens is 176 g/mol. The van der Waals surface area contributed by atoms with Crippen molar-refractivity contribution in [3.05, 3.63) is 0 Å². The van der Waals surface area contributed by atoms with Gasteiger partial charge in [0.2, 0.25) is 0 Å². The van der Waals surface area contributed by atoms with Crippen molar-refractivity contribution in [2.45, 2.75) is 64.1 Å². The standard InChI is InChI=1S/C11H24OSi/c1-3-5-9-12-13(4-2)10-7-6-8-11-13/h3-11H2,1-2H3. The van der Waals surface area contributed by atoms with Gasteiger partial charge in [-0.3, -0.25) is 0 Å². The van der Waals surface area contributed by atoms with Gasteiger partial charge in [-0.1, -0.05) is 39.5 Å². The van der Waals surface area contributed by atoms with E-state index in [9.17, 15) is 0 Å². The van der Waals surface area contributed by atoms with Crippen LogP contribution in [0.3, 0.4) is 0 Å². The van der Waals surface area contributed by atoms with Crippen molar-refractivity contribution < 1.29 is 4.43 Å². The van der Waals surface area contributed by atoms with Gasteiger partial charge in [-0.05, 0) is 24.6 Å². The highest BCUT2D eigenvalue weighted by Gasteiger charge is 2.34. The molecule has 0 aliphatic carbocycles. The Hall–Kier alpha value is 0.177. The number of hydrogen-bond donors (Lipinski definition) is 0. The summed E-state index contributed by atoms with van der Waals surface area (Å²) in [4.78, 5) is 0. The molecule has 0 N–H and O–H groups in total. The molecule has 0 aromatic heterocycles. The molecular formula is C11H24OSi. The summed E-state index contributed by atoms with van der Waals surface area (Å²) in [6.07, 6.45) is 6.85. The quantitative estimate of drug-likeness (QED) is 0.482. The van der Waals surface area contributed by atoms with Crippen LogP contribution in [0.1, 0.15) is 46.0 Å². The topological polar surface area (TPSA) is 9.23 Å². The SMILES string of the molecule is CCCCO[Si]1(CC)CCCCC1. The van der Waals surface area contributed by atoms with E-state index >= 15 is 0 Å². The fourth-order valence-electron chi connectivity index (χ4n) is 2.23.